The van der Waals surface area contributed by atoms with Crippen LogP contribution in [0, 0.1) is 11.8 Å². The molecule has 0 spiro atoms. The van der Waals surface area contributed by atoms with Gasteiger partial charge in [-0.05, 0) is 50.4 Å². The summed E-state index contributed by atoms with van der Waals surface area (Å²) in [5.74, 6) is 2.62. The molecule has 0 bridgehead atoms. The van der Waals surface area contributed by atoms with E-state index in [0.717, 1.165) is 31.3 Å². The van der Waals surface area contributed by atoms with Crippen LogP contribution in [0.25, 0.3) is 0 Å². The SMILES string of the molecule is Cn1ccnc(N2CCC[C@H](N[C@@H]3CCC[C@@H](C4CC4)C3)C2)c1=O. The Bertz CT molecular complexity index is 624. The van der Waals surface area contributed by atoms with Crippen LogP contribution in [0.3, 0.4) is 0 Å². The maximum Gasteiger partial charge on any atom is 0.293 e. The third kappa shape index (κ3) is 3.51. The van der Waals surface area contributed by atoms with Crippen LogP contribution in [-0.4, -0.2) is 34.7 Å². The molecule has 24 heavy (non-hydrogen) atoms. The third-order valence-corrected chi connectivity index (χ3v) is 6.19. The molecule has 0 aromatic carbocycles. The maximum atomic E-state index is 12.3. The Hall–Kier alpha value is -1.36. The van der Waals surface area contributed by atoms with Gasteiger partial charge in [-0.3, -0.25) is 4.79 Å². The quantitative estimate of drug-likeness (QED) is 0.920. The van der Waals surface area contributed by atoms with Gasteiger partial charge in [0, 0.05) is 44.6 Å². The van der Waals surface area contributed by atoms with E-state index in [-0.39, 0.29) is 5.56 Å². The number of hydrogen-bond acceptors (Lipinski definition) is 4. The zero-order chi connectivity index (χ0) is 16.5. The van der Waals surface area contributed by atoms with Crippen LogP contribution < -0.4 is 15.8 Å². The van der Waals surface area contributed by atoms with Crippen LogP contribution in [0.15, 0.2) is 17.2 Å². The number of aryl methyl sites for hydroxylation is 1. The minimum absolute atomic E-state index is 0.0182. The lowest BCUT2D eigenvalue weighted by molar-refractivity contribution is 0.238. The number of nitrogens with zero attached hydrogens (tertiary/aromatic N) is 3. The van der Waals surface area contributed by atoms with Crippen LogP contribution in [0.2, 0.25) is 0 Å². The van der Waals surface area contributed by atoms with Crippen molar-refractivity contribution in [3.63, 3.8) is 0 Å². The predicted molar refractivity (Wildman–Crippen MR) is 96.3 cm³/mol. The van der Waals surface area contributed by atoms with E-state index in [1.807, 2.05) is 0 Å². The lowest BCUT2D eigenvalue weighted by Crippen LogP contribution is -2.51. The van der Waals surface area contributed by atoms with Gasteiger partial charge in [0.2, 0.25) is 0 Å². The van der Waals surface area contributed by atoms with Crippen LogP contribution in [0.4, 0.5) is 5.82 Å². The van der Waals surface area contributed by atoms with Gasteiger partial charge < -0.3 is 14.8 Å². The molecule has 1 saturated heterocycles. The fourth-order valence-corrected chi connectivity index (χ4v) is 4.72. The Labute approximate surface area is 144 Å². The summed E-state index contributed by atoms with van der Waals surface area (Å²) >= 11 is 0. The van der Waals surface area contributed by atoms with E-state index in [1.165, 1.54) is 44.9 Å². The molecule has 1 aromatic rings. The molecule has 3 aliphatic rings. The maximum absolute atomic E-state index is 12.3. The largest absolute Gasteiger partial charge is 0.350 e. The first-order valence-corrected chi connectivity index (χ1v) is 9.73. The smallest absolute Gasteiger partial charge is 0.293 e. The summed E-state index contributed by atoms with van der Waals surface area (Å²) in [6.45, 7) is 1.86. The van der Waals surface area contributed by atoms with Gasteiger partial charge in [-0.25, -0.2) is 4.98 Å². The van der Waals surface area contributed by atoms with Crippen LogP contribution in [0.1, 0.15) is 51.4 Å². The number of piperidine rings is 1. The Morgan fingerprint density at radius 2 is 1.92 bits per heavy atom. The number of nitrogens with one attached hydrogen (secondary N) is 1. The molecule has 2 aliphatic carbocycles. The molecule has 4 rings (SSSR count). The Balaban J connectivity index is 1.38. The molecule has 0 unspecified atom stereocenters. The van der Waals surface area contributed by atoms with Gasteiger partial charge in [0.1, 0.15) is 0 Å². The molecule has 0 amide bonds. The number of aromatic nitrogens is 2. The van der Waals surface area contributed by atoms with Gasteiger partial charge >= 0.3 is 0 Å². The van der Waals surface area contributed by atoms with Crippen molar-refractivity contribution in [3.05, 3.63) is 22.7 Å². The minimum atomic E-state index is 0.0182. The van der Waals surface area contributed by atoms with Crippen molar-refractivity contribution in [2.75, 3.05) is 18.0 Å². The zero-order valence-corrected chi connectivity index (χ0v) is 14.8. The van der Waals surface area contributed by atoms with Crippen molar-refractivity contribution in [2.45, 2.75) is 63.5 Å². The highest BCUT2D eigenvalue weighted by atomic mass is 16.1. The number of rotatable bonds is 4. The molecule has 2 heterocycles. The predicted octanol–water partition coefficient (Wildman–Crippen LogP) is 2.31. The highest BCUT2D eigenvalue weighted by Crippen LogP contribution is 2.44. The van der Waals surface area contributed by atoms with Crippen molar-refractivity contribution >= 4 is 5.82 Å². The lowest BCUT2D eigenvalue weighted by Gasteiger charge is -2.38. The minimum Gasteiger partial charge on any atom is -0.350 e. The van der Waals surface area contributed by atoms with Crippen molar-refractivity contribution in [1.82, 2.24) is 14.9 Å². The molecule has 5 nitrogen and oxygen atoms in total. The molecular formula is C19H30N4O. The van der Waals surface area contributed by atoms with E-state index in [0.29, 0.717) is 17.9 Å². The van der Waals surface area contributed by atoms with Gasteiger partial charge in [0.05, 0.1) is 0 Å². The first-order valence-electron chi connectivity index (χ1n) is 9.73. The van der Waals surface area contributed by atoms with E-state index in [1.54, 1.807) is 24.0 Å². The van der Waals surface area contributed by atoms with Gasteiger partial charge in [-0.1, -0.05) is 12.8 Å². The molecule has 5 heteroatoms. The summed E-state index contributed by atoms with van der Waals surface area (Å²) in [4.78, 5) is 18.9. The fraction of sp³-hybridized carbons (Fsp3) is 0.789. The summed E-state index contributed by atoms with van der Waals surface area (Å²) in [5, 5.41) is 3.93. The van der Waals surface area contributed by atoms with Crippen molar-refractivity contribution in [2.24, 2.45) is 18.9 Å². The first kappa shape index (κ1) is 16.1. The standard InChI is InChI=1S/C19H30N4O/c1-22-11-9-20-18(19(22)24)23-10-3-6-17(13-23)21-16-5-2-4-15(12-16)14-7-8-14/h9,11,14-17,21H,2-8,10,12-13H2,1H3/t15-,16-,17+/m1/s1. The summed E-state index contributed by atoms with van der Waals surface area (Å²) in [5.41, 5.74) is 0.0182. The normalized spacial score (nSPS) is 31.2. The van der Waals surface area contributed by atoms with Crippen molar-refractivity contribution in [3.8, 4) is 0 Å². The van der Waals surface area contributed by atoms with Crippen molar-refractivity contribution < 1.29 is 0 Å². The second kappa shape index (κ2) is 6.87. The first-order chi connectivity index (χ1) is 11.7. The summed E-state index contributed by atoms with van der Waals surface area (Å²) in [7, 11) is 1.80. The lowest BCUT2D eigenvalue weighted by atomic mass is 9.82. The van der Waals surface area contributed by atoms with Crippen LogP contribution >= 0.6 is 0 Å². The molecule has 1 aromatic heterocycles. The Morgan fingerprint density at radius 1 is 1.08 bits per heavy atom. The highest BCUT2D eigenvalue weighted by molar-refractivity contribution is 5.36. The summed E-state index contributed by atoms with van der Waals surface area (Å²) in [6, 6.07) is 1.18. The average molecular weight is 330 g/mol. The summed E-state index contributed by atoms with van der Waals surface area (Å²) < 4.78 is 1.63. The molecule has 3 atom stereocenters. The van der Waals surface area contributed by atoms with E-state index in [9.17, 15) is 4.79 Å². The van der Waals surface area contributed by atoms with Crippen molar-refractivity contribution in [1.29, 1.82) is 0 Å². The van der Waals surface area contributed by atoms with Gasteiger partial charge in [-0.2, -0.15) is 0 Å². The second-order valence-electron chi connectivity index (χ2n) is 8.08. The van der Waals surface area contributed by atoms with E-state index in [4.69, 9.17) is 0 Å². The molecule has 2 saturated carbocycles. The molecule has 132 valence electrons. The Morgan fingerprint density at radius 3 is 2.75 bits per heavy atom. The second-order valence-corrected chi connectivity index (χ2v) is 8.08. The van der Waals surface area contributed by atoms with Gasteiger partial charge in [0.25, 0.3) is 5.56 Å². The fourth-order valence-electron chi connectivity index (χ4n) is 4.72. The number of anilines is 1. The van der Waals surface area contributed by atoms with E-state index < -0.39 is 0 Å². The highest BCUT2D eigenvalue weighted by Gasteiger charge is 2.35. The third-order valence-electron chi connectivity index (χ3n) is 6.19. The van der Waals surface area contributed by atoms with E-state index >= 15 is 0 Å². The molecule has 0 radical (unpaired) electrons. The Kier molecular flexibility index (Phi) is 4.61. The monoisotopic (exact) mass is 330 g/mol. The molecule has 3 fully saturated rings. The van der Waals surface area contributed by atoms with Gasteiger partial charge in [0.15, 0.2) is 5.82 Å². The average Bonchev–Trinajstić information content (AvgIpc) is 3.43. The summed E-state index contributed by atoms with van der Waals surface area (Å²) in [6.07, 6.45) is 14.3. The van der Waals surface area contributed by atoms with Crippen LogP contribution in [-0.2, 0) is 7.05 Å². The molecule has 1 aliphatic heterocycles. The van der Waals surface area contributed by atoms with Crippen LogP contribution in [0.5, 0.6) is 0 Å². The van der Waals surface area contributed by atoms with E-state index in [2.05, 4.69) is 15.2 Å². The molecular weight excluding hydrogens is 300 g/mol. The topological polar surface area (TPSA) is 50.2 Å². The van der Waals surface area contributed by atoms with Gasteiger partial charge in [-0.15, -0.1) is 0 Å². The number of hydrogen-bond donors (Lipinski definition) is 1. The molecule has 1 N–H and O–H groups in total. The zero-order valence-electron chi connectivity index (χ0n) is 14.8.